The molecule has 0 saturated heterocycles. The first-order valence-electron chi connectivity index (χ1n) is 8.18. The molecule has 1 saturated carbocycles. The highest BCUT2D eigenvalue weighted by Gasteiger charge is 2.24. The van der Waals surface area contributed by atoms with Crippen LogP contribution in [0, 0.1) is 5.92 Å². The van der Waals surface area contributed by atoms with Crippen molar-refractivity contribution in [3.63, 3.8) is 0 Å². The molecular formula is C20H23ClO3. The van der Waals surface area contributed by atoms with E-state index in [1.165, 1.54) is 20.0 Å². The Morgan fingerprint density at radius 3 is 2.38 bits per heavy atom. The highest BCUT2D eigenvalue weighted by atomic mass is 35.5. The molecule has 4 heteroatoms. The van der Waals surface area contributed by atoms with Crippen molar-refractivity contribution >= 4 is 17.6 Å². The van der Waals surface area contributed by atoms with Crippen LogP contribution < -0.4 is 0 Å². The Bertz CT molecular complexity index is 636. The maximum Gasteiger partial charge on any atom is 0.337 e. The normalized spacial score (nSPS) is 15.3. The molecule has 1 unspecified atom stereocenters. The third kappa shape index (κ3) is 5.36. The largest absolute Gasteiger partial charge is 0.465 e. The van der Waals surface area contributed by atoms with Crippen LogP contribution in [0.1, 0.15) is 47.7 Å². The summed E-state index contributed by atoms with van der Waals surface area (Å²) in [6.45, 7) is 0. The summed E-state index contributed by atoms with van der Waals surface area (Å²) in [5.74, 6) is 0.147. The Morgan fingerprint density at radius 2 is 1.79 bits per heavy atom. The van der Waals surface area contributed by atoms with Gasteiger partial charge in [0.05, 0.1) is 18.8 Å². The Hall–Kier alpha value is -1.84. The third-order valence-corrected chi connectivity index (χ3v) is 4.47. The van der Waals surface area contributed by atoms with Gasteiger partial charge in [0.1, 0.15) is 0 Å². The van der Waals surface area contributed by atoms with Gasteiger partial charge >= 0.3 is 5.97 Å². The Balaban J connectivity index is 0.000000185. The van der Waals surface area contributed by atoms with Crippen molar-refractivity contribution in [2.24, 2.45) is 5.92 Å². The zero-order valence-electron chi connectivity index (χ0n) is 13.8. The molecule has 0 amide bonds. The van der Waals surface area contributed by atoms with Crippen molar-refractivity contribution in [3.05, 3.63) is 70.7 Å². The molecule has 3 nitrogen and oxygen atoms in total. The standard InChI is InChI=1S/C12H15ClO.C8H8O2/c13-11-7-3-6-10(8-11)12(14)9-4-1-2-5-9;1-10-8(9)7-5-3-2-4-6-7/h3,6-9,12,14H,1-2,4-5H2;2-6H,1H3. The second-order valence-corrected chi connectivity index (χ2v) is 6.34. The maximum absolute atomic E-state index is 10.8. The Morgan fingerprint density at radius 1 is 1.12 bits per heavy atom. The van der Waals surface area contributed by atoms with Gasteiger partial charge in [0.25, 0.3) is 0 Å². The van der Waals surface area contributed by atoms with E-state index in [4.69, 9.17) is 11.6 Å². The minimum Gasteiger partial charge on any atom is -0.465 e. The van der Waals surface area contributed by atoms with Crippen LogP contribution in [0.4, 0.5) is 0 Å². The van der Waals surface area contributed by atoms with Crippen LogP contribution in [0.5, 0.6) is 0 Å². The van der Waals surface area contributed by atoms with Gasteiger partial charge < -0.3 is 9.84 Å². The number of aliphatic hydroxyl groups excluding tert-OH is 1. The van der Waals surface area contributed by atoms with Gasteiger partial charge in [-0.3, -0.25) is 0 Å². The summed E-state index contributed by atoms with van der Waals surface area (Å²) in [6, 6.07) is 16.4. The SMILES string of the molecule is COC(=O)c1ccccc1.OC(c1cccc(Cl)c1)C1CCCC1. The Labute approximate surface area is 148 Å². The van der Waals surface area contributed by atoms with E-state index in [-0.39, 0.29) is 12.1 Å². The van der Waals surface area contributed by atoms with Crippen LogP contribution in [-0.2, 0) is 4.74 Å². The number of methoxy groups -OCH3 is 1. The fourth-order valence-electron chi connectivity index (χ4n) is 2.93. The summed E-state index contributed by atoms with van der Waals surface area (Å²) in [5, 5.41) is 10.8. The topological polar surface area (TPSA) is 46.5 Å². The number of esters is 1. The second kappa shape index (κ2) is 9.45. The minimum absolute atomic E-state index is 0.291. The van der Waals surface area contributed by atoms with Crippen LogP contribution in [0.15, 0.2) is 54.6 Å². The number of hydrogen-bond acceptors (Lipinski definition) is 3. The van der Waals surface area contributed by atoms with E-state index < -0.39 is 0 Å². The summed E-state index contributed by atoms with van der Waals surface area (Å²) in [5.41, 5.74) is 1.55. The fraction of sp³-hybridized carbons (Fsp3) is 0.350. The zero-order chi connectivity index (χ0) is 17.4. The van der Waals surface area contributed by atoms with E-state index in [0.29, 0.717) is 16.5 Å². The highest BCUT2D eigenvalue weighted by Crippen LogP contribution is 2.35. The predicted octanol–water partition coefficient (Wildman–Crippen LogP) is 5.04. The molecule has 128 valence electrons. The predicted molar refractivity (Wildman–Crippen MR) is 96.2 cm³/mol. The average Bonchev–Trinajstić information content (AvgIpc) is 3.16. The molecule has 1 aliphatic rings. The lowest BCUT2D eigenvalue weighted by molar-refractivity contribution is 0.0600. The molecule has 1 aliphatic carbocycles. The number of carbonyl (C=O) groups is 1. The molecule has 2 aromatic carbocycles. The first-order valence-corrected chi connectivity index (χ1v) is 8.56. The van der Waals surface area contributed by atoms with Gasteiger partial charge in [-0.05, 0) is 48.6 Å². The van der Waals surface area contributed by atoms with Crippen molar-refractivity contribution in [2.75, 3.05) is 7.11 Å². The van der Waals surface area contributed by atoms with Gasteiger partial charge in [-0.15, -0.1) is 0 Å². The molecule has 0 spiro atoms. The molecule has 24 heavy (non-hydrogen) atoms. The van der Waals surface area contributed by atoms with Crippen molar-refractivity contribution < 1.29 is 14.6 Å². The molecule has 0 aliphatic heterocycles. The molecule has 3 rings (SSSR count). The number of benzene rings is 2. The van der Waals surface area contributed by atoms with Crippen LogP contribution in [-0.4, -0.2) is 18.2 Å². The van der Waals surface area contributed by atoms with Gasteiger partial charge in [0.15, 0.2) is 0 Å². The molecule has 0 aromatic heterocycles. The number of rotatable bonds is 3. The van der Waals surface area contributed by atoms with Gasteiger partial charge in [-0.2, -0.15) is 0 Å². The molecule has 0 heterocycles. The number of ether oxygens (including phenoxy) is 1. The number of carbonyl (C=O) groups excluding carboxylic acids is 1. The number of aliphatic hydroxyl groups is 1. The summed E-state index contributed by atoms with van der Waals surface area (Å²) >= 11 is 5.88. The maximum atomic E-state index is 10.8. The quantitative estimate of drug-likeness (QED) is 0.792. The van der Waals surface area contributed by atoms with Crippen molar-refractivity contribution in [1.82, 2.24) is 0 Å². The van der Waals surface area contributed by atoms with E-state index in [9.17, 15) is 9.90 Å². The molecule has 0 radical (unpaired) electrons. The van der Waals surface area contributed by atoms with Crippen LogP contribution in [0.3, 0.4) is 0 Å². The summed E-state index contributed by atoms with van der Waals surface area (Å²) in [6.07, 6.45) is 4.47. The van der Waals surface area contributed by atoms with E-state index >= 15 is 0 Å². The molecule has 1 fully saturated rings. The first-order chi connectivity index (χ1) is 11.6. The zero-order valence-corrected chi connectivity index (χ0v) is 14.6. The van der Waals surface area contributed by atoms with E-state index in [2.05, 4.69) is 4.74 Å². The lowest BCUT2D eigenvalue weighted by Gasteiger charge is -2.17. The molecule has 1 atom stereocenters. The van der Waals surface area contributed by atoms with E-state index in [0.717, 1.165) is 18.4 Å². The lowest BCUT2D eigenvalue weighted by atomic mass is 9.95. The van der Waals surface area contributed by atoms with Gasteiger partial charge in [-0.25, -0.2) is 4.79 Å². The molecule has 1 N–H and O–H groups in total. The monoisotopic (exact) mass is 346 g/mol. The summed E-state index contributed by atoms with van der Waals surface area (Å²) in [7, 11) is 1.37. The van der Waals surface area contributed by atoms with Crippen LogP contribution in [0.25, 0.3) is 0 Å². The van der Waals surface area contributed by atoms with Crippen LogP contribution in [0.2, 0.25) is 5.02 Å². The third-order valence-electron chi connectivity index (χ3n) is 4.23. The number of halogens is 1. The summed E-state index contributed by atoms with van der Waals surface area (Å²) in [4.78, 5) is 10.8. The smallest absolute Gasteiger partial charge is 0.337 e. The second-order valence-electron chi connectivity index (χ2n) is 5.90. The van der Waals surface area contributed by atoms with Crippen molar-refractivity contribution in [3.8, 4) is 0 Å². The molecule has 2 aromatic rings. The van der Waals surface area contributed by atoms with Gasteiger partial charge in [-0.1, -0.05) is 54.8 Å². The average molecular weight is 347 g/mol. The molecular weight excluding hydrogens is 324 g/mol. The van der Waals surface area contributed by atoms with Gasteiger partial charge in [0.2, 0.25) is 0 Å². The fourth-order valence-corrected chi connectivity index (χ4v) is 3.13. The van der Waals surface area contributed by atoms with Crippen molar-refractivity contribution in [1.29, 1.82) is 0 Å². The minimum atomic E-state index is -0.323. The van der Waals surface area contributed by atoms with Crippen LogP contribution >= 0.6 is 11.6 Å². The van der Waals surface area contributed by atoms with E-state index in [1.807, 2.05) is 30.3 Å². The Kier molecular flexibility index (Phi) is 7.29. The van der Waals surface area contributed by atoms with E-state index in [1.54, 1.807) is 24.3 Å². The summed E-state index contributed by atoms with van der Waals surface area (Å²) < 4.78 is 4.50. The lowest BCUT2D eigenvalue weighted by Crippen LogP contribution is -2.08. The first kappa shape index (κ1) is 18.5. The van der Waals surface area contributed by atoms with Crippen molar-refractivity contribution in [2.45, 2.75) is 31.8 Å². The molecule has 0 bridgehead atoms. The number of hydrogen-bond donors (Lipinski definition) is 1. The van der Waals surface area contributed by atoms with Gasteiger partial charge in [0, 0.05) is 5.02 Å². The highest BCUT2D eigenvalue weighted by molar-refractivity contribution is 6.30.